The Morgan fingerprint density at radius 1 is 1.42 bits per heavy atom. The van der Waals surface area contributed by atoms with E-state index in [0.717, 1.165) is 31.2 Å². The van der Waals surface area contributed by atoms with Crippen LogP contribution < -0.4 is 10.1 Å². The van der Waals surface area contributed by atoms with Gasteiger partial charge < -0.3 is 10.1 Å². The Balaban J connectivity index is 1.82. The molecule has 1 N–H and O–H groups in total. The van der Waals surface area contributed by atoms with Crippen LogP contribution in [0.25, 0.3) is 0 Å². The third-order valence-electron chi connectivity index (χ3n) is 3.21. The molecule has 0 radical (unpaired) electrons. The highest BCUT2D eigenvalue weighted by Gasteiger charge is 2.20. The molecule has 106 valence electrons. The van der Waals surface area contributed by atoms with Crippen molar-refractivity contribution in [3.05, 3.63) is 22.8 Å². The van der Waals surface area contributed by atoms with E-state index in [-0.39, 0.29) is 0 Å². The minimum absolute atomic E-state index is 0.622. The number of aromatic nitrogens is 1. The van der Waals surface area contributed by atoms with Crippen LogP contribution in [0.3, 0.4) is 0 Å². The molecule has 0 bridgehead atoms. The maximum absolute atomic E-state index is 6.15. The quantitative estimate of drug-likeness (QED) is 0.790. The van der Waals surface area contributed by atoms with Gasteiger partial charge in [-0.2, -0.15) is 0 Å². The van der Waals surface area contributed by atoms with Crippen molar-refractivity contribution in [2.75, 3.05) is 13.2 Å². The molecule has 3 nitrogen and oxygen atoms in total. The maximum Gasteiger partial charge on any atom is 0.213 e. The van der Waals surface area contributed by atoms with E-state index in [4.69, 9.17) is 16.3 Å². The van der Waals surface area contributed by atoms with Crippen LogP contribution in [0.15, 0.2) is 12.1 Å². The molecular formula is C15H23ClN2O. The van der Waals surface area contributed by atoms with Crippen molar-refractivity contribution in [2.24, 2.45) is 11.8 Å². The Morgan fingerprint density at radius 3 is 2.89 bits per heavy atom. The van der Waals surface area contributed by atoms with Crippen molar-refractivity contribution >= 4 is 11.6 Å². The number of rotatable bonds is 8. The third-order valence-corrected chi connectivity index (χ3v) is 3.56. The second kappa shape index (κ2) is 7.11. The van der Waals surface area contributed by atoms with E-state index in [1.165, 1.54) is 12.8 Å². The minimum atomic E-state index is 0.622. The lowest BCUT2D eigenvalue weighted by Gasteiger charge is -2.10. The highest BCUT2D eigenvalue weighted by molar-refractivity contribution is 6.31. The van der Waals surface area contributed by atoms with Crippen LogP contribution in [0.4, 0.5) is 0 Å². The second-order valence-corrected chi connectivity index (χ2v) is 6.09. The maximum atomic E-state index is 6.15. The molecule has 1 fully saturated rings. The molecule has 0 saturated heterocycles. The van der Waals surface area contributed by atoms with Crippen LogP contribution in [-0.2, 0) is 6.54 Å². The van der Waals surface area contributed by atoms with Gasteiger partial charge in [0.15, 0.2) is 0 Å². The summed E-state index contributed by atoms with van der Waals surface area (Å²) in [5.41, 5.74) is 0.867. The van der Waals surface area contributed by atoms with E-state index >= 15 is 0 Å². The molecule has 0 unspecified atom stereocenters. The van der Waals surface area contributed by atoms with Gasteiger partial charge in [0.25, 0.3) is 0 Å². The average molecular weight is 283 g/mol. The summed E-state index contributed by atoms with van der Waals surface area (Å²) in [6.07, 6.45) is 3.87. The third kappa shape index (κ3) is 5.37. The highest BCUT2D eigenvalue weighted by atomic mass is 35.5. The van der Waals surface area contributed by atoms with Gasteiger partial charge in [-0.05, 0) is 30.9 Å². The van der Waals surface area contributed by atoms with E-state index in [9.17, 15) is 0 Å². The molecule has 1 aromatic heterocycles. The largest absolute Gasteiger partial charge is 0.478 e. The van der Waals surface area contributed by atoms with Crippen LogP contribution >= 0.6 is 11.6 Å². The van der Waals surface area contributed by atoms with Gasteiger partial charge in [-0.15, -0.1) is 0 Å². The van der Waals surface area contributed by atoms with E-state index < -0.39 is 0 Å². The van der Waals surface area contributed by atoms with Gasteiger partial charge in [-0.3, -0.25) is 0 Å². The van der Waals surface area contributed by atoms with Crippen molar-refractivity contribution in [3.63, 3.8) is 0 Å². The van der Waals surface area contributed by atoms with Crippen LogP contribution in [0, 0.1) is 11.8 Å². The van der Waals surface area contributed by atoms with Gasteiger partial charge in [0.2, 0.25) is 5.88 Å². The number of hydrogen-bond acceptors (Lipinski definition) is 3. The first-order valence-electron chi connectivity index (χ1n) is 7.14. The zero-order valence-corrected chi connectivity index (χ0v) is 12.5. The molecule has 0 aliphatic heterocycles. The zero-order chi connectivity index (χ0) is 13.7. The predicted molar refractivity (Wildman–Crippen MR) is 78.6 cm³/mol. The van der Waals surface area contributed by atoms with Crippen molar-refractivity contribution in [2.45, 2.75) is 39.7 Å². The van der Waals surface area contributed by atoms with E-state index in [2.05, 4.69) is 24.1 Å². The lowest BCUT2D eigenvalue weighted by molar-refractivity contribution is 0.290. The summed E-state index contributed by atoms with van der Waals surface area (Å²) < 4.78 is 5.68. The topological polar surface area (TPSA) is 34.2 Å². The molecule has 1 saturated carbocycles. The molecule has 1 aromatic rings. The molecule has 1 aliphatic rings. The Labute approximate surface area is 120 Å². The summed E-state index contributed by atoms with van der Waals surface area (Å²) in [6, 6.07) is 3.72. The summed E-state index contributed by atoms with van der Waals surface area (Å²) in [7, 11) is 0. The van der Waals surface area contributed by atoms with Crippen molar-refractivity contribution in [1.82, 2.24) is 10.3 Å². The minimum Gasteiger partial charge on any atom is -0.478 e. The number of ether oxygens (including phenoxy) is 1. The molecule has 0 spiro atoms. The van der Waals surface area contributed by atoms with Crippen LogP contribution in [0.1, 0.15) is 38.8 Å². The lowest BCUT2D eigenvalue weighted by Crippen LogP contribution is -2.20. The molecule has 19 heavy (non-hydrogen) atoms. The SMILES string of the molecule is CC(C)CNCc1nc(OCCC2CC2)ccc1Cl. The number of pyridine rings is 1. The van der Waals surface area contributed by atoms with Crippen molar-refractivity contribution in [1.29, 1.82) is 0 Å². The predicted octanol–water partition coefficient (Wildman–Crippen LogP) is 3.66. The number of halogens is 1. The van der Waals surface area contributed by atoms with Gasteiger partial charge in [0.1, 0.15) is 0 Å². The van der Waals surface area contributed by atoms with E-state index in [1.807, 2.05) is 12.1 Å². The standard InChI is InChI=1S/C15H23ClN2O/c1-11(2)9-17-10-14-13(16)5-6-15(18-14)19-8-7-12-3-4-12/h5-6,11-12,17H,3-4,7-10H2,1-2H3. The summed E-state index contributed by atoms with van der Waals surface area (Å²) in [4.78, 5) is 4.47. The normalized spacial score (nSPS) is 14.9. The first kappa shape index (κ1) is 14.6. The molecule has 4 heteroatoms. The summed E-state index contributed by atoms with van der Waals surface area (Å²) in [5, 5.41) is 4.05. The first-order chi connectivity index (χ1) is 9.15. The number of nitrogens with zero attached hydrogens (tertiary/aromatic N) is 1. The molecular weight excluding hydrogens is 260 g/mol. The van der Waals surface area contributed by atoms with Crippen LogP contribution in [0.2, 0.25) is 5.02 Å². The smallest absolute Gasteiger partial charge is 0.213 e. The summed E-state index contributed by atoms with van der Waals surface area (Å²) >= 11 is 6.15. The van der Waals surface area contributed by atoms with Crippen molar-refractivity contribution in [3.8, 4) is 5.88 Å². The molecule has 0 aromatic carbocycles. The first-order valence-corrected chi connectivity index (χ1v) is 7.52. The zero-order valence-electron chi connectivity index (χ0n) is 11.8. The fraction of sp³-hybridized carbons (Fsp3) is 0.667. The Bertz CT molecular complexity index is 405. The summed E-state index contributed by atoms with van der Waals surface area (Å²) in [6.45, 7) is 6.78. The molecule has 1 aliphatic carbocycles. The molecule has 2 rings (SSSR count). The summed E-state index contributed by atoms with van der Waals surface area (Å²) in [5.74, 6) is 2.20. The van der Waals surface area contributed by atoms with Crippen LogP contribution in [0.5, 0.6) is 5.88 Å². The Hall–Kier alpha value is -0.800. The molecule has 1 heterocycles. The molecule has 0 amide bonds. The average Bonchev–Trinajstić information content (AvgIpc) is 3.16. The van der Waals surface area contributed by atoms with Gasteiger partial charge in [-0.1, -0.05) is 38.3 Å². The van der Waals surface area contributed by atoms with Gasteiger partial charge in [-0.25, -0.2) is 4.98 Å². The monoisotopic (exact) mass is 282 g/mol. The molecule has 0 atom stereocenters. The second-order valence-electron chi connectivity index (χ2n) is 5.68. The van der Waals surface area contributed by atoms with Crippen molar-refractivity contribution < 1.29 is 4.74 Å². The fourth-order valence-electron chi connectivity index (χ4n) is 1.88. The van der Waals surface area contributed by atoms with Gasteiger partial charge in [0.05, 0.1) is 17.3 Å². The van der Waals surface area contributed by atoms with Crippen LogP contribution in [-0.4, -0.2) is 18.1 Å². The number of hydrogen-bond donors (Lipinski definition) is 1. The van der Waals surface area contributed by atoms with Gasteiger partial charge in [0, 0.05) is 12.6 Å². The van der Waals surface area contributed by atoms with E-state index in [1.54, 1.807) is 0 Å². The fourth-order valence-corrected chi connectivity index (χ4v) is 2.06. The highest BCUT2D eigenvalue weighted by Crippen LogP contribution is 2.32. The number of nitrogens with one attached hydrogen (secondary N) is 1. The Morgan fingerprint density at radius 2 is 2.21 bits per heavy atom. The van der Waals surface area contributed by atoms with Gasteiger partial charge >= 0.3 is 0 Å². The van der Waals surface area contributed by atoms with E-state index in [0.29, 0.717) is 23.4 Å². The lowest BCUT2D eigenvalue weighted by atomic mass is 10.2. The Kier molecular flexibility index (Phi) is 5.46.